The molecule has 1 atom stereocenters. The molecule has 0 bridgehead atoms. The molecule has 18 heavy (non-hydrogen) atoms. The molecule has 0 aliphatic carbocycles. The van der Waals surface area contributed by atoms with E-state index < -0.39 is 0 Å². The summed E-state index contributed by atoms with van der Waals surface area (Å²) in [6.07, 6.45) is 0. The number of halogens is 1. The second kappa shape index (κ2) is 5.12. The molecule has 0 radical (unpaired) electrons. The van der Waals surface area contributed by atoms with Gasteiger partial charge in [0.2, 0.25) is 0 Å². The van der Waals surface area contributed by atoms with Crippen molar-refractivity contribution in [3.8, 4) is 0 Å². The van der Waals surface area contributed by atoms with Crippen LogP contribution in [0.2, 0.25) is 0 Å². The Kier molecular flexibility index (Phi) is 3.73. The van der Waals surface area contributed by atoms with Crippen LogP contribution in [-0.4, -0.2) is 4.98 Å². The third kappa shape index (κ3) is 2.73. The number of hydrogen-bond donors (Lipinski definition) is 1. The van der Waals surface area contributed by atoms with E-state index in [2.05, 4.69) is 4.98 Å². The van der Waals surface area contributed by atoms with Crippen molar-refractivity contribution in [1.82, 2.24) is 4.98 Å². The number of rotatable bonds is 3. The molecule has 0 unspecified atom stereocenters. The van der Waals surface area contributed by atoms with Crippen molar-refractivity contribution in [2.45, 2.75) is 36.9 Å². The highest BCUT2D eigenvalue weighted by atomic mass is 32.2. The molecule has 1 aromatic heterocycles. The maximum atomic E-state index is 13.9. The molecule has 1 aromatic carbocycles. The molecule has 1 heterocycles. The zero-order valence-electron chi connectivity index (χ0n) is 10.5. The maximum Gasteiger partial charge on any atom is 0.261 e. The Morgan fingerprint density at radius 1 is 1.39 bits per heavy atom. The number of nitrogens with zero attached hydrogens (tertiary/aromatic N) is 1. The Labute approximate surface area is 110 Å². The van der Waals surface area contributed by atoms with Gasteiger partial charge >= 0.3 is 0 Å². The van der Waals surface area contributed by atoms with Gasteiger partial charge in [0, 0.05) is 6.04 Å². The lowest BCUT2D eigenvalue weighted by atomic mass is 10.1. The molecule has 0 saturated heterocycles. The van der Waals surface area contributed by atoms with Gasteiger partial charge in [-0.3, -0.25) is 0 Å². The van der Waals surface area contributed by atoms with E-state index in [1.165, 1.54) is 17.8 Å². The van der Waals surface area contributed by atoms with E-state index in [1.807, 2.05) is 26.8 Å². The van der Waals surface area contributed by atoms with Gasteiger partial charge in [0.1, 0.15) is 11.6 Å². The van der Waals surface area contributed by atoms with Crippen LogP contribution in [0.15, 0.2) is 32.7 Å². The molecule has 96 valence electrons. The summed E-state index contributed by atoms with van der Waals surface area (Å²) in [7, 11) is 0. The Hall–Kier alpha value is -1.33. The highest BCUT2D eigenvalue weighted by Crippen LogP contribution is 2.31. The van der Waals surface area contributed by atoms with E-state index >= 15 is 0 Å². The first kappa shape index (κ1) is 13.1. The van der Waals surface area contributed by atoms with E-state index in [0.29, 0.717) is 10.1 Å². The van der Waals surface area contributed by atoms with Crippen molar-refractivity contribution in [1.29, 1.82) is 0 Å². The first-order chi connectivity index (χ1) is 8.47. The van der Waals surface area contributed by atoms with Crippen molar-refractivity contribution >= 4 is 11.8 Å². The van der Waals surface area contributed by atoms with Gasteiger partial charge in [0.05, 0.1) is 10.6 Å². The van der Waals surface area contributed by atoms with Crippen LogP contribution in [0.1, 0.15) is 30.0 Å². The highest BCUT2D eigenvalue weighted by molar-refractivity contribution is 7.99. The molecule has 0 amide bonds. The quantitative estimate of drug-likeness (QED) is 0.922. The van der Waals surface area contributed by atoms with Gasteiger partial charge in [-0.15, -0.1) is 0 Å². The summed E-state index contributed by atoms with van der Waals surface area (Å²) < 4.78 is 19.3. The first-order valence-corrected chi connectivity index (χ1v) is 6.46. The van der Waals surface area contributed by atoms with Gasteiger partial charge in [-0.25, -0.2) is 9.37 Å². The lowest BCUT2D eigenvalue weighted by Crippen LogP contribution is -2.05. The summed E-state index contributed by atoms with van der Waals surface area (Å²) in [6.45, 7) is 5.52. The fraction of sp³-hybridized carbons (Fsp3) is 0.308. The zero-order chi connectivity index (χ0) is 13.3. The molecule has 5 heteroatoms. The maximum absolute atomic E-state index is 13.9. The summed E-state index contributed by atoms with van der Waals surface area (Å²) in [5.74, 6) is 0.452. The average Bonchev–Trinajstić information content (AvgIpc) is 2.61. The van der Waals surface area contributed by atoms with Gasteiger partial charge in [-0.05, 0) is 50.2 Å². The molecule has 2 N–H and O–H groups in total. The lowest BCUT2D eigenvalue weighted by molar-refractivity contribution is 0.430. The number of benzene rings is 1. The van der Waals surface area contributed by atoms with Gasteiger partial charge < -0.3 is 10.2 Å². The van der Waals surface area contributed by atoms with Crippen LogP contribution in [0.4, 0.5) is 4.39 Å². The summed E-state index contributed by atoms with van der Waals surface area (Å²) in [5, 5.41) is 0.456. The standard InChI is InChI=1S/C13H15FN2OS/c1-7(15)10-4-5-12(11(14)6-10)18-13-16-8(2)9(3)17-13/h4-7H,15H2,1-3H3/t7-/m1/s1. The molecule has 2 aromatic rings. The van der Waals surface area contributed by atoms with E-state index in [1.54, 1.807) is 6.07 Å². The van der Waals surface area contributed by atoms with Crippen LogP contribution in [0.25, 0.3) is 0 Å². The Bertz CT molecular complexity index is 547. The van der Waals surface area contributed by atoms with Gasteiger partial charge in [0.15, 0.2) is 0 Å². The summed E-state index contributed by atoms with van der Waals surface area (Å²) in [4.78, 5) is 4.70. The fourth-order valence-electron chi connectivity index (χ4n) is 1.46. The van der Waals surface area contributed by atoms with Crippen LogP contribution in [0.3, 0.4) is 0 Å². The predicted molar refractivity (Wildman–Crippen MR) is 69.1 cm³/mol. The van der Waals surface area contributed by atoms with E-state index in [-0.39, 0.29) is 11.9 Å². The van der Waals surface area contributed by atoms with Crippen molar-refractivity contribution < 1.29 is 8.81 Å². The number of hydrogen-bond acceptors (Lipinski definition) is 4. The molecule has 0 aliphatic rings. The van der Waals surface area contributed by atoms with Crippen LogP contribution in [-0.2, 0) is 0 Å². The molecule has 2 rings (SSSR count). The fourth-order valence-corrected chi connectivity index (χ4v) is 2.29. The minimum atomic E-state index is -0.302. The largest absolute Gasteiger partial charge is 0.436 e. The smallest absolute Gasteiger partial charge is 0.261 e. The molecular weight excluding hydrogens is 251 g/mol. The minimum Gasteiger partial charge on any atom is -0.436 e. The second-order valence-corrected chi connectivity index (χ2v) is 5.20. The molecule has 0 spiro atoms. The third-order valence-corrected chi connectivity index (χ3v) is 3.59. The number of nitrogens with two attached hydrogens (primary N) is 1. The third-order valence-electron chi connectivity index (χ3n) is 2.69. The number of oxazole rings is 1. The normalized spacial score (nSPS) is 12.7. The van der Waals surface area contributed by atoms with Gasteiger partial charge in [0.25, 0.3) is 5.22 Å². The Morgan fingerprint density at radius 3 is 2.61 bits per heavy atom. The zero-order valence-corrected chi connectivity index (χ0v) is 11.3. The predicted octanol–water partition coefficient (Wildman–Crippen LogP) is 3.60. The second-order valence-electron chi connectivity index (χ2n) is 4.20. The van der Waals surface area contributed by atoms with Crippen molar-refractivity contribution in [2.24, 2.45) is 5.73 Å². The highest BCUT2D eigenvalue weighted by Gasteiger charge is 2.12. The van der Waals surface area contributed by atoms with Crippen molar-refractivity contribution in [3.63, 3.8) is 0 Å². The molecule has 0 aliphatic heterocycles. The lowest BCUT2D eigenvalue weighted by Gasteiger charge is -2.07. The van der Waals surface area contributed by atoms with E-state index in [9.17, 15) is 4.39 Å². The van der Waals surface area contributed by atoms with Gasteiger partial charge in [-0.2, -0.15) is 0 Å². The molecule has 0 fully saturated rings. The first-order valence-electron chi connectivity index (χ1n) is 5.64. The molecule has 0 saturated carbocycles. The average molecular weight is 266 g/mol. The summed E-state index contributed by atoms with van der Waals surface area (Å²) in [6, 6.07) is 4.80. The monoisotopic (exact) mass is 266 g/mol. The Morgan fingerprint density at radius 2 is 2.11 bits per heavy atom. The molecular formula is C13H15FN2OS. The van der Waals surface area contributed by atoms with Crippen LogP contribution < -0.4 is 5.73 Å². The minimum absolute atomic E-state index is 0.176. The van der Waals surface area contributed by atoms with Gasteiger partial charge in [-0.1, -0.05) is 6.07 Å². The topological polar surface area (TPSA) is 52.0 Å². The van der Waals surface area contributed by atoms with Crippen molar-refractivity contribution in [3.05, 3.63) is 41.0 Å². The van der Waals surface area contributed by atoms with Crippen LogP contribution in [0, 0.1) is 19.7 Å². The van der Waals surface area contributed by atoms with Crippen LogP contribution in [0.5, 0.6) is 0 Å². The number of aromatic nitrogens is 1. The Balaban J connectivity index is 2.24. The van der Waals surface area contributed by atoms with E-state index in [0.717, 1.165) is 17.0 Å². The molecule has 3 nitrogen and oxygen atoms in total. The SMILES string of the molecule is Cc1nc(Sc2ccc([C@@H](C)N)cc2F)oc1C. The number of aryl methyl sites for hydroxylation is 2. The summed E-state index contributed by atoms with van der Waals surface area (Å²) >= 11 is 1.18. The van der Waals surface area contributed by atoms with E-state index in [4.69, 9.17) is 10.2 Å². The van der Waals surface area contributed by atoms with Crippen LogP contribution >= 0.6 is 11.8 Å². The summed E-state index contributed by atoms with van der Waals surface area (Å²) in [5.41, 5.74) is 7.30. The van der Waals surface area contributed by atoms with Crippen molar-refractivity contribution in [2.75, 3.05) is 0 Å².